The Morgan fingerprint density at radius 3 is 2.30 bits per heavy atom. The monoisotopic (exact) mass is 193 g/mol. The van der Waals surface area contributed by atoms with Gasteiger partial charge in [0.2, 0.25) is 0 Å². The topological polar surface area (TPSA) is 48.8 Å². The quantitative estimate of drug-likeness (QED) is 0.321. The summed E-state index contributed by atoms with van der Waals surface area (Å²) in [5.74, 6) is 0. The fourth-order valence-corrected chi connectivity index (χ4v) is 0.864. The second-order valence-electron chi connectivity index (χ2n) is 1.44. The Labute approximate surface area is 91.6 Å². The summed E-state index contributed by atoms with van der Waals surface area (Å²) in [6, 6.07) is 0. The van der Waals surface area contributed by atoms with E-state index < -0.39 is 0 Å². The Hall–Kier alpha value is 0.970. The molecular weight excluding hydrogens is 188 g/mol. The van der Waals surface area contributed by atoms with Gasteiger partial charge in [-0.15, -0.1) is 0 Å². The Morgan fingerprint density at radius 2 is 2.00 bits per heavy atom. The van der Waals surface area contributed by atoms with Crippen LogP contribution >= 0.6 is 23.6 Å². The fourth-order valence-electron chi connectivity index (χ4n) is 0.442. The third-order valence-electron chi connectivity index (χ3n) is 0.731. The predicted octanol–water partition coefficient (Wildman–Crippen LogP) is -2.32. The molecule has 1 aliphatic heterocycles. The Kier molecular flexibility index (Phi) is 9.03. The smallest absolute Gasteiger partial charge is 0.870 e. The van der Waals surface area contributed by atoms with Crippen LogP contribution in [0, 0.1) is 0 Å². The molecule has 0 unspecified atom stereocenters. The van der Waals surface area contributed by atoms with Gasteiger partial charge in [-0.2, -0.15) is 4.42 Å². The molecule has 0 aromatic rings. The van der Waals surface area contributed by atoms with E-state index >= 15 is 0 Å². The van der Waals surface area contributed by atoms with Gasteiger partial charge in [0, 0.05) is 11.8 Å². The number of halogens is 2. The van der Waals surface area contributed by atoms with Crippen LogP contribution < -0.4 is 29.6 Å². The second kappa shape index (κ2) is 6.67. The summed E-state index contributed by atoms with van der Waals surface area (Å²) < 4.78 is 2.86. The summed E-state index contributed by atoms with van der Waals surface area (Å²) in [6.07, 6.45) is 1.54. The summed E-state index contributed by atoms with van der Waals surface area (Å²) in [5, 5.41) is 0. The summed E-state index contributed by atoms with van der Waals surface area (Å²) in [6.45, 7) is 1.04. The molecule has 4 nitrogen and oxygen atoms in total. The van der Waals surface area contributed by atoms with E-state index in [4.69, 9.17) is 23.6 Å². The van der Waals surface area contributed by atoms with Crippen molar-refractivity contribution in [3.8, 4) is 0 Å². The maximum absolute atomic E-state index is 5.50. The molecule has 0 aromatic heterocycles. The minimum atomic E-state index is 0. The Bertz CT molecular complexity index is 114. The molecule has 1 N–H and O–H groups in total. The third-order valence-corrected chi connectivity index (χ3v) is 1.14. The van der Waals surface area contributed by atoms with E-state index in [0.29, 0.717) is 13.3 Å². The molecule has 10 heavy (non-hydrogen) atoms. The standard InChI is InChI=1S/C3H5Cl2N3.Na.H2O/c4-7-1-6-2-8(5)3-7;;/h1H,2-3H2;;1H2/q;+1;/p-1. The number of rotatable bonds is 0. The zero-order chi connectivity index (χ0) is 5.98. The molecule has 0 saturated heterocycles. The van der Waals surface area contributed by atoms with E-state index in [1.807, 2.05) is 0 Å². The molecule has 0 atom stereocenters. The van der Waals surface area contributed by atoms with Crippen LogP contribution in [0.5, 0.6) is 0 Å². The van der Waals surface area contributed by atoms with E-state index in [2.05, 4.69) is 4.99 Å². The van der Waals surface area contributed by atoms with E-state index in [1.165, 1.54) is 8.84 Å². The van der Waals surface area contributed by atoms with Crippen molar-refractivity contribution in [3.05, 3.63) is 0 Å². The number of hydrogen-bond donors (Lipinski definition) is 0. The van der Waals surface area contributed by atoms with Gasteiger partial charge in [-0.1, -0.05) is 0 Å². The first kappa shape index (κ1) is 13.6. The average molecular weight is 194 g/mol. The van der Waals surface area contributed by atoms with E-state index in [0.717, 1.165) is 0 Å². The van der Waals surface area contributed by atoms with E-state index in [-0.39, 0.29) is 35.0 Å². The van der Waals surface area contributed by atoms with Gasteiger partial charge in [0.05, 0.1) is 0 Å². The first-order valence-corrected chi connectivity index (χ1v) is 2.80. The Balaban J connectivity index is 0. The van der Waals surface area contributed by atoms with Crippen LogP contribution in [0.15, 0.2) is 4.99 Å². The molecule has 1 rings (SSSR count). The van der Waals surface area contributed by atoms with Gasteiger partial charge in [-0.05, 0) is 11.8 Å². The van der Waals surface area contributed by atoms with E-state index in [1.54, 1.807) is 6.34 Å². The molecule has 54 valence electrons. The predicted molar refractivity (Wildman–Crippen MR) is 35.5 cm³/mol. The maximum Gasteiger partial charge on any atom is 1.00 e. The van der Waals surface area contributed by atoms with Crippen LogP contribution in [-0.2, 0) is 0 Å². The molecule has 0 bridgehead atoms. The summed E-state index contributed by atoms with van der Waals surface area (Å²) >= 11 is 11.0. The third kappa shape index (κ3) is 4.73. The van der Waals surface area contributed by atoms with Gasteiger partial charge in [0.15, 0.2) is 0 Å². The summed E-state index contributed by atoms with van der Waals surface area (Å²) in [7, 11) is 0. The van der Waals surface area contributed by atoms with Crippen LogP contribution in [0.3, 0.4) is 0 Å². The van der Waals surface area contributed by atoms with Crippen molar-refractivity contribution in [2.24, 2.45) is 4.99 Å². The maximum atomic E-state index is 5.50. The van der Waals surface area contributed by atoms with Crippen molar-refractivity contribution >= 4 is 29.9 Å². The molecule has 0 aromatic carbocycles. The van der Waals surface area contributed by atoms with Crippen LogP contribution in [0.1, 0.15) is 0 Å². The van der Waals surface area contributed by atoms with Gasteiger partial charge < -0.3 is 5.48 Å². The molecule has 7 heteroatoms. The van der Waals surface area contributed by atoms with Gasteiger partial charge in [0.1, 0.15) is 19.7 Å². The minimum absolute atomic E-state index is 0. The van der Waals surface area contributed by atoms with Gasteiger partial charge in [-0.25, -0.2) is 0 Å². The van der Waals surface area contributed by atoms with Crippen LogP contribution in [0.2, 0.25) is 0 Å². The normalized spacial score (nSPS) is 17.6. The second-order valence-corrected chi connectivity index (χ2v) is 2.36. The molecule has 0 saturated carbocycles. The van der Waals surface area contributed by atoms with Gasteiger partial charge in [-0.3, -0.25) is 9.41 Å². The van der Waals surface area contributed by atoms with Gasteiger partial charge >= 0.3 is 29.6 Å². The van der Waals surface area contributed by atoms with Crippen molar-refractivity contribution < 1.29 is 35.0 Å². The molecule has 1 heterocycles. The first-order chi connectivity index (χ1) is 3.79. The van der Waals surface area contributed by atoms with Crippen LogP contribution in [0.4, 0.5) is 0 Å². The average Bonchev–Trinajstić information content (AvgIpc) is 1.64. The molecule has 1 aliphatic rings. The molecule has 0 aliphatic carbocycles. The molecule has 0 radical (unpaired) electrons. The molecular formula is C3H6Cl2N3NaO. The molecule has 0 fully saturated rings. The molecule has 0 spiro atoms. The van der Waals surface area contributed by atoms with Crippen LogP contribution in [0.25, 0.3) is 0 Å². The number of nitrogens with zero attached hydrogens (tertiary/aromatic N) is 3. The number of hydrogen-bond acceptors (Lipinski definition) is 4. The van der Waals surface area contributed by atoms with Crippen molar-refractivity contribution in [2.75, 3.05) is 13.3 Å². The summed E-state index contributed by atoms with van der Waals surface area (Å²) in [4.78, 5) is 3.80. The fraction of sp³-hybridized carbons (Fsp3) is 0.667. The number of aliphatic imine (C=N–C) groups is 1. The first-order valence-electron chi connectivity index (χ1n) is 2.12. The molecule has 0 amide bonds. The zero-order valence-corrected chi connectivity index (χ0v) is 9.05. The van der Waals surface area contributed by atoms with Crippen molar-refractivity contribution in [2.45, 2.75) is 0 Å². The Morgan fingerprint density at radius 1 is 1.40 bits per heavy atom. The largest absolute Gasteiger partial charge is 1.00 e. The SMILES string of the molecule is ClN1C=NCN(Cl)C1.[Na+].[OH-]. The zero-order valence-electron chi connectivity index (χ0n) is 5.54. The van der Waals surface area contributed by atoms with Crippen molar-refractivity contribution in [3.63, 3.8) is 0 Å². The summed E-state index contributed by atoms with van der Waals surface area (Å²) in [5.41, 5.74) is 0. The van der Waals surface area contributed by atoms with Crippen molar-refractivity contribution in [1.29, 1.82) is 0 Å². The van der Waals surface area contributed by atoms with Crippen molar-refractivity contribution in [1.82, 2.24) is 8.84 Å². The minimum Gasteiger partial charge on any atom is -0.870 e. The van der Waals surface area contributed by atoms with E-state index in [9.17, 15) is 0 Å². The van der Waals surface area contributed by atoms with Gasteiger partial charge in [0.25, 0.3) is 0 Å². The van der Waals surface area contributed by atoms with Crippen LogP contribution in [-0.4, -0.2) is 34.0 Å².